The van der Waals surface area contributed by atoms with E-state index >= 15 is 0 Å². The molecule has 0 aliphatic rings. The van der Waals surface area contributed by atoms with Crippen LogP contribution in [0.3, 0.4) is 0 Å². The lowest BCUT2D eigenvalue weighted by Crippen LogP contribution is -2.44. The SMILES string of the molecule is C[C@@H](Oc1ccc2ccc(=O)oc2c1)C(=O)NC(=O)NCc1ccccc1. The Morgan fingerprint density at radius 2 is 1.81 bits per heavy atom. The third-order valence-electron chi connectivity index (χ3n) is 3.81. The molecular formula is C20H18N2O5. The molecule has 0 aliphatic carbocycles. The molecule has 0 radical (unpaired) electrons. The first-order chi connectivity index (χ1) is 13.0. The summed E-state index contributed by atoms with van der Waals surface area (Å²) in [6.45, 7) is 1.82. The topological polar surface area (TPSA) is 97.6 Å². The summed E-state index contributed by atoms with van der Waals surface area (Å²) in [4.78, 5) is 35.3. The highest BCUT2D eigenvalue weighted by Gasteiger charge is 2.17. The van der Waals surface area contributed by atoms with E-state index in [4.69, 9.17) is 9.15 Å². The number of amides is 3. The van der Waals surface area contributed by atoms with Gasteiger partial charge in [0.2, 0.25) is 0 Å². The molecule has 0 fully saturated rings. The average molecular weight is 366 g/mol. The summed E-state index contributed by atoms with van der Waals surface area (Å²) >= 11 is 0. The molecule has 0 saturated heterocycles. The molecule has 2 N–H and O–H groups in total. The zero-order chi connectivity index (χ0) is 19.2. The van der Waals surface area contributed by atoms with E-state index in [2.05, 4.69) is 10.6 Å². The molecule has 0 aliphatic heterocycles. The van der Waals surface area contributed by atoms with Crippen molar-refractivity contribution in [1.82, 2.24) is 10.6 Å². The van der Waals surface area contributed by atoms with Crippen LogP contribution >= 0.6 is 0 Å². The Hall–Kier alpha value is -3.61. The number of fused-ring (bicyclic) bond motifs is 1. The van der Waals surface area contributed by atoms with Crippen molar-refractivity contribution >= 4 is 22.9 Å². The number of carbonyl (C=O) groups is 2. The van der Waals surface area contributed by atoms with Gasteiger partial charge in [0.1, 0.15) is 11.3 Å². The Bertz CT molecular complexity index is 1010. The van der Waals surface area contributed by atoms with Crippen LogP contribution in [0, 0.1) is 0 Å². The van der Waals surface area contributed by atoms with Gasteiger partial charge < -0.3 is 14.5 Å². The molecule has 7 heteroatoms. The monoisotopic (exact) mass is 366 g/mol. The van der Waals surface area contributed by atoms with Gasteiger partial charge in [0, 0.05) is 24.1 Å². The largest absolute Gasteiger partial charge is 0.481 e. The van der Waals surface area contributed by atoms with Gasteiger partial charge in [-0.2, -0.15) is 0 Å². The molecular weight excluding hydrogens is 348 g/mol. The van der Waals surface area contributed by atoms with Crippen LogP contribution < -0.4 is 21.0 Å². The van der Waals surface area contributed by atoms with Crippen molar-refractivity contribution in [2.75, 3.05) is 0 Å². The molecule has 1 atom stereocenters. The lowest BCUT2D eigenvalue weighted by Gasteiger charge is -2.14. The zero-order valence-electron chi connectivity index (χ0n) is 14.6. The van der Waals surface area contributed by atoms with E-state index in [-0.39, 0.29) is 0 Å². The fourth-order valence-electron chi connectivity index (χ4n) is 2.41. The fraction of sp³-hybridized carbons (Fsp3) is 0.150. The summed E-state index contributed by atoms with van der Waals surface area (Å²) in [6, 6.07) is 16.6. The highest BCUT2D eigenvalue weighted by atomic mass is 16.5. The first kappa shape index (κ1) is 18.2. The second-order valence-electron chi connectivity index (χ2n) is 5.87. The molecule has 138 valence electrons. The van der Waals surface area contributed by atoms with Gasteiger partial charge in [-0.15, -0.1) is 0 Å². The predicted octanol–water partition coefficient (Wildman–Crippen LogP) is 2.59. The number of rotatable bonds is 5. The van der Waals surface area contributed by atoms with Crippen molar-refractivity contribution < 1.29 is 18.7 Å². The molecule has 0 bridgehead atoms. The van der Waals surface area contributed by atoms with E-state index in [9.17, 15) is 14.4 Å². The summed E-state index contributed by atoms with van der Waals surface area (Å²) in [6.07, 6.45) is -0.916. The van der Waals surface area contributed by atoms with Gasteiger partial charge in [-0.3, -0.25) is 10.1 Å². The van der Waals surface area contributed by atoms with Crippen molar-refractivity contribution in [2.24, 2.45) is 0 Å². The highest BCUT2D eigenvalue weighted by Crippen LogP contribution is 2.20. The minimum Gasteiger partial charge on any atom is -0.481 e. The van der Waals surface area contributed by atoms with Crippen LogP contribution in [-0.4, -0.2) is 18.0 Å². The van der Waals surface area contributed by atoms with Crippen LogP contribution in [0.25, 0.3) is 11.0 Å². The van der Waals surface area contributed by atoms with Gasteiger partial charge >= 0.3 is 11.7 Å². The maximum atomic E-state index is 12.1. The first-order valence-corrected chi connectivity index (χ1v) is 8.34. The standard InChI is InChI=1S/C20H18N2O5/c1-13(19(24)22-20(25)21-12-14-5-3-2-4-6-14)26-16-9-7-15-8-10-18(23)27-17(15)11-16/h2-11,13H,12H2,1H3,(H2,21,22,24,25)/t13-/m1/s1. The molecule has 3 aromatic rings. The number of hydrogen-bond acceptors (Lipinski definition) is 5. The number of hydrogen-bond donors (Lipinski definition) is 2. The van der Waals surface area contributed by atoms with Crippen LogP contribution in [0.15, 0.2) is 69.9 Å². The van der Waals surface area contributed by atoms with Crippen molar-refractivity contribution in [2.45, 2.75) is 19.6 Å². The van der Waals surface area contributed by atoms with Crippen LogP contribution in [0.2, 0.25) is 0 Å². The van der Waals surface area contributed by atoms with Crippen LogP contribution in [0.1, 0.15) is 12.5 Å². The van der Waals surface area contributed by atoms with E-state index in [0.717, 1.165) is 10.9 Å². The Labute approximate surface area is 154 Å². The first-order valence-electron chi connectivity index (χ1n) is 8.34. The van der Waals surface area contributed by atoms with Gasteiger partial charge in [0.15, 0.2) is 6.10 Å². The summed E-state index contributed by atoms with van der Waals surface area (Å²) in [5.74, 6) is -0.237. The number of imide groups is 1. The third-order valence-corrected chi connectivity index (χ3v) is 3.81. The van der Waals surface area contributed by atoms with E-state index in [1.165, 1.54) is 19.1 Å². The number of ether oxygens (including phenoxy) is 1. The van der Waals surface area contributed by atoms with Crippen LogP contribution in [0.5, 0.6) is 5.75 Å². The van der Waals surface area contributed by atoms with Crippen molar-refractivity contribution in [3.63, 3.8) is 0 Å². The molecule has 2 aromatic carbocycles. The molecule has 7 nitrogen and oxygen atoms in total. The van der Waals surface area contributed by atoms with Crippen molar-refractivity contribution in [3.8, 4) is 5.75 Å². The van der Waals surface area contributed by atoms with E-state index in [0.29, 0.717) is 17.9 Å². The molecule has 27 heavy (non-hydrogen) atoms. The molecule has 1 aromatic heterocycles. The summed E-state index contributed by atoms with van der Waals surface area (Å²) in [5, 5.41) is 5.57. The molecule has 3 amide bonds. The van der Waals surface area contributed by atoms with E-state index in [1.807, 2.05) is 30.3 Å². The highest BCUT2D eigenvalue weighted by molar-refractivity contribution is 5.96. The third kappa shape index (κ3) is 4.94. The normalized spacial score (nSPS) is 11.6. The maximum Gasteiger partial charge on any atom is 0.336 e. The average Bonchev–Trinajstić information content (AvgIpc) is 2.66. The number of urea groups is 1. The number of benzene rings is 2. The van der Waals surface area contributed by atoms with Gasteiger partial charge in [0.25, 0.3) is 5.91 Å². The lowest BCUT2D eigenvalue weighted by atomic mass is 10.2. The van der Waals surface area contributed by atoms with Gasteiger partial charge in [0.05, 0.1) is 0 Å². The van der Waals surface area contributed by atoms with Gasteiger partial charge in [-0.05, 0) is 30.7 Å². The smallest absolute Gasteiger partial charge is 0.336 e. The minimum absolute atomic E-state index is 0.304. The quantitative estimate of drug-likeness (QED) is 0.677. The molecule has 3 rings (SSSR count). The second kappa shape index (κ2) is 8.18. The Morgan fingerprint density at radius 1 is 1.07 bits per heavy atom. The van der Waals surface area contributed by atoms with E-state index in [1.54, 1.807) is 18.2 Å². The number of carbonyl (C=O) groups excluding carboxylic acids is 2. The summed E-state index contributed by atoms with van der Waals surface area (Å²) < 4.78 is 10.6. The van der Waals surface area contributed by atoms with Gasteiger partial charge in [-0.25, -0.2) is 9.59 Å². The Morgan fingerprint density at radius 3 is 2.59 bits per heavy atom. The summed E-state index contributed by atoms with van der Waals surface area (Å²) in [7, 11) is 0. The second-order valence-corrected chi connectivity index (χ2v) is 5.87. The van der Waals surface area contributed by atoms with Crippen molar-refractivity contribution in [1.29, 1.82) is 0 Å². The molecule has 1 heterocycles. The maximum absolute atomic E-state index is 12.1. The van der Waals surface area contributed by atoms with Crippen LogP contribution in [0.4, 0.5) is 4.79 Å². The zero-order valence-corrected chi connectivity index (χ0v) is 14.6. The number of nitrogens with one attached hydrogen (secondary N) is 2. The van der Waals surface area contributed by atoms with Gasteiger partial charge in [-0.1, -0.05) is 30.3 Å². The summed E-state index contributed by atoms with van der Waals surface area (Å²) in [5.41, 5.74) is 0.802. The van der Waals surface area contributed by atoms with E-state index < -0.39 is 23.7 Å². The molecule has 0 unspecified atom stereocenters. The Balaban J connectivity index is 1.55. The predicted molar refractivity (Wildman–Crippen MR) is 99.4 cm³/mol. The fourth-order valence-corrected chi connectivity index (χ4v) is 2.41. The van der Waals surface area contributed by atoms with Crippen molar-refractivity contribution in [3.05, 3.63) is 76.6 Å². The Kier molecular flexibility index (Phi) is 5.51. The molecule has 0 spiro atoms. The molecule has 0 saturated carbocycles. The lowest BCUT2D eigenvalue weighted by molar-refractivity contribution is -0.126. The minimum atomic E-state index is -0.916. The van der Waals surface area contributed by atoms with Crippen LogP contribution in [-0.2, 0) is 11.3 Å².